The summed E-state index contributed by atoms with van der Waals surface area (Å²) >= 11 is -0.119. The molecule has 9 nitrogen and oxygen atoms in total. The van der Waals surface area contributed by atoms with E-state index in [1.807, 2.05) is 24.3 Å². The van der Waals surface area contributed by atoms with Gasteiger partial charge in [0.25, 0.3) is 0 Å². The number of hydrogen-bond acceptors (Lipinski definition) is 6. The third-order valence-electron chi connectivity index (χ3n) is 4.46. The van der Waals surface area contributed by atoms with Gasteiger partial charge in [-0.1, -0.05) is 0 Å². The standard InChI is InChI=1S/C20H25AsN5O4/c1-2-3-10-30-19-24-17(22)16-18(25-19)26(20(29)23-16)9-5-8-21-14-7-4-6-13(11-14)12-15(27)28/h4,6-7,11H,2-3,5,8-10,12H2,1H3,(H,23,29)(H,27,28)(H2,22,24,25). The van der Waals surface area contributed by atoms with Crippen molar-refractivity contribution < 1.29 is 14.6 Å². The zero-order valence-electron chi connectivity index (χ0n) is 16.8. The topological polar surface area (TPSA) is 136 Å². The summed E-state index contributed by atoms with van der Waals surface area (Å²) in [6, 6.07) is 7.89. The number of aromatic amines is 1. The Morgan fingerprint density at radius 3 is 2.93 bits per heavy atom. The molecule has 1 radical (unpaired) electrons. The number of nitrogens with one attached hydrogen (secondary N) is 1. The Morgan fingerprint density at radius 2 is 2.17 bits per heavy atom. The van der Waals surface area contributed by atoms with Crippen LogP contribution in [0.3, 0.4) is 0 Å². The molecule has 1 aromatic carbocycles. The van der Waals surface area contributed by atoms with Crippen LogP contribution in [0.2, 0.25) is 5.21 Å². The number of ether oxygens (including phenoxy) is 1. The molecule has 0 aliphatic carbocycles. The minimum atomic E-state index is -0.832. The molecule has 30 heavy (non-hydrogen) atoms. The van der Waals surface area contributed by atoms with Crippen LogP contribution in [0.15, 0.2) is 29.1 Å². The average molecular weight is 474 g/mol. The molecule has 159 valence electrons. The molecule has 0 aliphatic rings. The van der Waals surface area contributed by atoms with Crippen LogP contribution < -0.4 is 20.5 Å². The number of nitrogen functional groups attached to an aromatic ring is 1. The monoisotopic (exact) mass is 474 g/mol. The molecule has 0 unspecified atom stereocenters. The zero-order valence-corrected chi connectivity index (χ0v) is 18.7. The molecule has 0 bridgehead atoms. The van der Waals surface area contributed by atoms with Gasteiger partial charge in [-0.15, -0.1) is 0 Å². The molecule has 4 N–H and O–H groups in total. The van der Waals surface area contributed by atoms with E-state index in [1.165, 1.54) is 4.35 Å². The van der Waals surface area contributed by atoms with E-state index in [1.54, 1.807) is 4.57 Å². The summed E-state index contributed by atoms with van der Waals surface area (Å²) < 4.78 is 8.30. The van der Waals surface area contributed by atoms with Gasteiger partial charge in [0.2, 0.25) is 0 Å². The number of nitrogens with two attached hydrogens (primary N) is 1. The van der Waals surface area contributed by atoms with Crippen molar-refractivity contribution in [3.8, 4) is 6.01 Å². The number of benzene rings is 1. The number of anilines is 1. The molecule has 0 aliphatic heterocycles. The van der Waals surface area contributed by atoms with Crippen LogP contribution in [-0.2, 0) is 17.8 Å². The number of hydrogen-bond donors (Lipinski definition) is 3. The van der Waals surface area contributed by atoms with Gasteiger partial charge >= 0.3 is 180 Å². The maximum absolute atomic E-state index is 12.4. The number of fused-ring (bicyclic) bond motifs is 1. The van der Waals surface area contributed by atoms with E-state index in [9.17, 15) is 9.59 Å². The van der Waals surface area contributed by atoms with Crippen molar-refractivity contribution in [1.82, 2.24) is 19.5 Å². The predicted molar refractivity (Wildman–Crippen MR) is 116 cm³/mol. The summed E-state index contributed by atoms with van der Waals surface area (Å²) in [6.45, 7) is 3.07. The van der Waals surface area contributed by atoms with E-state index in [0.717, 1.165) is 30.0 Å². The number of aryl methyl sites for hydroxylation is 1. The molecule has 0 fully saturated rings. The van der Waals surface area contributed by atoms with Gasteiger partial charge in [0.05, 0.1) is 0 Å². The minimum absolute atomic E-state index is 0.0312. The second-order valence-electron chi connectivity index (χ2n) is 6.85. The molecule has 0 amide bonds. The van der Waals surface area contributed by atoms with Gasteiger partial charge in [0.15, 0.2) is 0 Å². The molecular weight excluding hydrogens is 449 g/mol. The summed E-state index contributed by atoms with van der Waals surface area (Å²) in [5.41, 5.74) is 7.40. The Bertz CT molecular complexity index is 1080. The van der Waals surface area contributed by atoms with Crippen molar-refractivity contribution in [2.45, 2.75) is 44.4 Å². The molecule has 0 atom stereocenters. The molecule has 0 saturated heterocycles. The normalized spacial score (nSPS) is 11.5. The number of rotatable bonds is 11. The number of nitrogens with zero attached hydrogens (tertiary/aromatic N) is 3. The van der Waals surface area contributed by atoms with Gasteiger partial charge in [-0.3, -0.25) is 0 Å². The Labute approximate surface area is 180 Å². The fourth-order valence-corrected chi connectivity index (χ4v) is 5.10. The van der Waals surface area contributed by atoms with Gasteiger partial charge in [-0.2, -0.15) is 0 Å². The Kier molecular flexibility index (Phi) is 7.51. The number of unbranched alkanes of at least 4 members (excludes halogenated alkanes) is 1. The summed E-state index contributed by atoms with van der Waals surface area (Å²) in [7, 11) is 0. The molecule has 0 saturated carbocycles. The summed E-state index contributed by atoms with van der Waals surface area (Å²) in [5.74, 6) is -0.634. The fraction of sp³-hybridized carbons (Fsp3) is 0.400. The van der Waals surface area contributed by atoms with Gasteiger partial charge < -0.3 is 0 Å². The molecular formula is C20H25AsN5O4. The molecule has 0 spiro atoms. The molecule has 2 aromatic heterocycles. The van der Waals surface area contributed by atoms with Gasteiger partial charge in [-0.05, 0) is 0 Å². The number of imidazole rings is 1. The Morgan fingerprint density at radius 1 is 1.33 bits per heavy atom. The molecule has 2 heterocycles. The van der Waals surface area contributed by atoms with Crippen molar-refractivity contribution in [3.63, 3.8) is 0 Å². The number of carboxylic acid groups (broad SMARTS) is 1. The molecule has 3 rings (SSSR count). The third kappa shape index (κ3) is 5.63. The summed E-state index contributed by atoms with van der Waals surface area (Å²) in [5, 5.41) is 9.87. The first-order chi connectivity index (χ1) is 14.5. The number of aliphatic carboxylic acids is 1. The molecule has 3 aromatic rings. The van der Waals surface area contributed by atoms with Gasteiger partial charge in [-0.25, -0.2) is 0 Å². The van der Waals surface area contributed by atoms with Crippen molar-refractivity contribution in [3.05, 3.63) is 40.3 Å². The van der Waals surface area contributed by atoms with Crippen molar-refractivity contribution >= 4 is 43.1 Å². The zero-order chi connectivity index (χ0) is 21.5. The van der Waals surface area contributed by atoms with E-state index in [-0.39, 0.29) is 39.7 Å². The van der Waals surface area contributed by atoms with Crippen LogP contribution in [-0.4, -0.2) is 53.0 Å². The summed E-state index contributed by atoms with van der Waals surface area (Å²) in [4.78, 5) is 34.5. The van der Waals surface area contributed by atoms with Crippen LogP contribution in [0.5, 0.6) is 6.01 Å². The summed E-state index contributed by atoms with van der Waals surface area (Å²) in [6.07, 6.45) is 2.71. The second-order valence-corrected chi connectivity index (χ2v) is 9.53. The van der Waals surface area contributed by atoms with E-state index in [4.69, 9.17) is 15.6 Å². The quantitative estimate of drug-likeness (QED) is 0.282. The average Bonchev–Trinajstić information content (AvgIpc) is 3.01. The van der Waals surface area contributed by atoms with E-state index in [0.29, 0.717) is 24.3 Å². The third-order valence-corrected chi connectivity index (χ3v) is 6.94. The molecule has 10 heteroatoms. The number of carbonyl (C=O) groups is 1. The first-order valence-electron chi connectivity index (χ1n) is 9.85. The van der Waals surface area contributed by atoms with Crippen molar-refractivity contribution in [2.24, 2.45) is 0 Å². The fourth-order valence-electron chi connectivity index (χ4n) is 2.99. The maximum atomic E-state index is 12.4. The van der Waals surface area contributed by atoms with Gasteiger partial charge in [0.1, 0.15) is 0 Å². The Hall–Kier alpha value is -2.80. The Balaban J connectivity index is 1.65. The first-order valence-corrected chi connectivity index (χ1v) is 12.1. The van der Waals surface area contributed by atoms with Crippen LogP contribution >= 0.6 is 0 Å². The van der Waals surface area contributed by atoms with E-state index >= 15 is 0 Å². The van der Waals surface area contributed by atoms with Crippen LogP contribution in [0, 0.1) is 0 Å². The van der Waals surface area contributed by atoms with Crippen molar-refractivity contribution in [2.75, 3.05) is 12.3 Å². The predicted octanol–water partition coefficient (Wildman–Crippen LogP) is 1.35. The SMILES string of the molecule is CCCCOc1nc(N)c2[nH]c(=O)n(CCC[As]c3cccc(CC(=O)O)c3)c2n1. The van der Waals surface area contributed by atoms with E-state index in [2.05, 4.69) is 21.9 Å². The number of aromatic nitrogens is 4. The van der Waals surface area contributed by atoms with Crippen LogP contribution in [0.25, 0.3) is 11.2 Å². The van der Waals surface area contributed by atoms with Crippen LogP contribution in [0.4, 0.5) is 5.82 Å². The van der Waals surface area contributed by atoms with Crippen molar-refractivity contribution in [1.29, 1.82) is 0 Å². The van der Waals surface area contributed by atoms with Crippen LogP contribution in [0.1, 0.15) is 31.7 Å². The second kappa shape index (κ2) is 10.3. The first kappa shape index (κ1) is 21.9. The van der Waals surface area contributed by atoms with E-state index < -0.39 is 5.97 Å². The van der Waals surface area contributed by atoms with Gasteiger partial charge in [0, 0.05) is 0 Å². The number of H-pyrrole nitrogens is 1. The number of carboxylic acids is 1.